The zero-order valence-corrected chi connectivity index (χ0v) is 17.9. The van der Waals surface area contributed by atoms with Crippen LogP contribution in [0.2, 0.25) is 0 Å². The Hall–Kier alpha value is -1.71. The molecule has 2 aliphatic rings. The quantitative estimate of drug-likeness (QED) is 0.654. The average molecular weight is 426 g/mol. The number of rotatable bonds is 8. The highest BCUT2D eigenvalue weighted by molar-refractivity contribution is 7.90. The zero-order valence-electron chi connectivity index (χ0n) is 17.1. The van der Waals surface area contributed by atoms with Crippen LogP contribution >= 0.6 is 0 Å². The van der Waals surface area contributed by atoms with E-state index in [4.69, 9.17) is 15.2 Å². The van der Waals surface area contributed by atoms with E-state index in [-0.39, 0.29) is 19.1 Å². The van der Waals surface area contributed by atoms with Crippen molar-refractivity contribution in [3.05, 3.63) is 23.9 Å². The van der Waals surface area contributed by atoms with Gasteiger partial charge in [-0.2, -0.15) is 0 Å². The van der Waals surface area contributed by atoms with Crippen LogP contribution in [0.4, 0.5) is 0 Å². The molecule has 0 spiro atoms. The maximum atomic E-state index is 12.2. The smallest absolute Gasteiger partial charge is 0.226 e. The molecule has 0 unspecified atom stereocenters. The number of aromatic nitrogens is 1. The average Bonchev–Trinajstić information content (AvgIpc) is 3.19. The van der Waals surface area contributed by atoms with Crippen molar-refractivity contribution >= 4 is 15.9 Å². The second-order valence-electron chi connectivity index (χ2n) is 8.15. The Bertz CT molecular complexity index is 823. The first-order chi connectivity index (χ1) is 13.8. The molecule has 2 saturated carbocycles. The molecule has 1 amide bonds. The lowest BCUT2D eigenvalue weighted by atomic mass is 9.82. The lowest BCUT2D eigenvalue weighted by Gasteiger charge is -2.32. The van der Waals surface area contributed by atoms with E-state index in [1.165, 1.54) is 7.05 Å². The van der Waals surface area contributed by atoms with Crippen LogP contribution in [0.25, 0.3) is 0 Å². The number of primary amides is 1. The largest absolute Gasteiger partial charge is 0.481 e. The van der Waals surface area contributed by atoms with E-state index in [0.717, 1.165) is 31.2 Å². The van der Waals surface area contributed by atoms with Crippen LogP contribution in [-0.2, 0) is 19.6 Å². The molecule has 1 aromatic heterocycles. The maximum absolute atomic E-state index is 12.2. The van der Waals surface area contributed by atoms with Gasteiger partial charge >= 0.3 is 0 Å². The summed E-state index contributed by atoms with van der Waals surface area (Å²) in [6.07, 6.45) is 6.49. The van der Waals surface area contributed by atoms with Gasteiger partial charge in [0.25, 0.3) is 0 Å². The lowest BCUT2D eigenvalue weighted by Crippen LogP contribution is -2.42. The minimum Gasteiger partial charge on any atom is -0.481 e. The molecule has 162 valence electrons. The number of hydrogen-bond acceptors (Lipinski definition) is 6. The molecule has 2 aliphatic carbocycles. The fourth-order valence-corrected chi connectivity index (χ4v) is 5.94. The number of sulfonamides is 1. The van der Waals surface area contributed by atoms with E-state index in [2.05, 4.69) is 15.8 Å². The molecule has 3 rings (SSSR count). The Labute approximate surface area is 172 Å². The van der Waals surface area contributed by atoms with Crippen LogP contribution in [0.3, 0.4) is 0 Å². The van der Waals surface area contributed by atoms with Crippen molar-refractivity contribution in [1.82, 2.24) is 9.71 Å². The van der Waals surface area contributed by atoms with Gasteiger partial charge in [-0.1, -0.05) is 6.07 Å². The van der Waals surface area contributed by atoms with Crippen molar-refractivity contribution in [2.75, 3.05) is 20.8 Å². The van der Waals surface area contributed by atoms with Gasteiger partial charge in [0.1, 0.15) is 0 Å². The summed E-state index contributed by atoms with van der Waals surface area (Å²) in [6.45, 7) is 0.184. The van der Waals surface area contributed by atoms with Crippen molar-refractivity contribution in [3.63, 3.8) is 0 Å². The number of carbonyl (C=O) groups is 1. The molecule has 0 radical (unpaired) electrons. The first kappa shape index (κ1) is 22.0. The summed E-state index contributed by atoms with van der Waals surface area (Å²) in [7, 11) is -0.395. The van der Waals surface area contributed by atoms with Crippen LogP contribution in [0, 0.1) is 5.41 Å². The van der Waals surface area contributed by atoms with Gasteiger partial charge in [0.2, 0.25) is 21.8 Å². The van der Waals surface area contributed by atoms with Crippen molar-refractivity contribution in [1.29, 1.82) is 0 Å². The summed E-state index contributed by atoms with van der Waals surface area (Å²) in [6, 6.07) is 3.98. The molecule has 0 aromatic carbocycles. The first-order valence-electron chi connectivity index (χ1n) is 10.1. The molecule has 2 atom stereocenters. The molecule has 1 heterocycles. The fraction of sp³-hybridized carbons (Fsp3) is 0.700. The molecule has 0 aliphatic heterocycles. The van der Waals surface area contributed by atoms with Crippen molar-refractivity contribution < 1.29 is 22.7 Å². The number of nitrogens with one attached hydrogen (secondary N) is 1. The van der Waals surface area contributed by atoms with Gasteiger partial charge in [0, 0.05) is 11.8 Å². The van der Waals surface area contributed by atoms with E-state index in [0.29, 0.717) is 24.6 Å². The predicted octanol–water partition coefficient (Wildman–Crippen LogP) is 1.71. The monoisotopic (exact) mass is 425 g/mol. The molecular formula is C20H31N3O5S. The molecule has 3 N–H and O–H groups in total. The summed E-state index contributed by atoms with van der Waals surface area (Å²) < 4.78 is 38.1. The standard InChI is InChI=1S/C20H31N3O5S/c1-22-29(25,26)16-9-10-20(12-16,19(21)24)13-28-15-7-5-14(6-8-15)17-4-3-11-23-18(17)27-2/h3-4,11,14-16,22H,5-10,12-13H2,1-2H3,(H2,21,24)/t14?,15?,16-,20-/m0/s1. The minimum absolute atomic E-state index is 0.0464. The Kier molecular flexibility index (Phi) is 6.80. The van der Waals surface area contributed by atoms with Crippen molar-refractivity contribution in [2.45, 2.75) is 62.2 Å². The molecule has 8 nitrogen and oxygen atoms in total. The topological polar surface area (TPSA) is 121 Å². The third-order valence-electron chi connectivity index (χ3n) is 6.51. The van der Waals surface area contributed by atoms with Crippen molar-refractivity contribution in [2.24, 2.45) is 11.1 Å². The van der Waals surface area contributed by atoms with Crippen LogP contribution < -0.4 is 15.2 Å². The van der Waals surface area contributed by atoms with Gasteiger partial charge in [-0.3, -0.25) is 4.79 Å². The second kappa shape index (κ2) is 8.97. The molecule has 0 bridgehead atoms. The molecule has 29 heavy (non-hydrogen) atoms. The van der Waals surface area contributed by atoms with E-state index >= 15 is 0 Å². The Morgan fingerprint density at radius 3 is 2.66 bits per heavy atom. The summed E-state index contributed by atoms with van der Waals surface area (Å²) >= 11 is 0. The number of hydrogen-bond donors (Lipinski definition) is 2. The number of nitrogens with two attached hydrogens (primary N) is 1. The minimum atomic E-state index is -3.42. The van der Waals surface area contributed by atoms with Gasteiger partial charge in [-0.25, -0.2) is 18.1 Å². The molecule has 1 aromatic rings. The Morgan fingerprint density at radius 2 is 2.03 bits per heavy atom. The lowest BCUT2D eigenvalue weighted by molar-refractivity contribution is -0.133. The molecular weight excluding hydrogens is 394 g/mol. The molecule has 9 heteroatoms. The van der Waals surface area contributed by atoms with E-state index < -0.39 is 26.6 Å². The zero-order chi connectivity index (χ0) is 21.1. The number of amides is 1. The van der Waals surface area contributed by atoms with Crippen LogP contribution in [-0.4, -0.2) is 51.4 Å². The highest BCUT2D eigenvalue weighted by atomic mass is 32.2. The summed E-state index contributed by atoms with van der Waals surface area (Å²) in [5.41, 5.74) is 5.89. The van der Waals surface area contributed by atoms with E-state index in [9.17, 15) is 13.2 Å². The fourth-order valence-electron chi connectivity index (χ4n) is 4.64. The number of pyridine rings is 1. The predicted molar refractivity (Wildman–Crippen MR) is 109 cm³/mol. The second-order valence-corrected chi connectivity index (χ2v) is 10.3. The van der Waals surface area contributed by atoms with E-state index in [1.54, 1.807) is 13.3 Å². The first-order valence-corrected chi connectivity index (χ1v) is 11.7. The summed E-state index contributed by atoms with van der Waals surface area (Å²) in [5.74, 6) is 0.576. The van der Waals surface area contributed by atoms with E-state index in [1.807, 2.05) is 6.07 Å². The van der Waals surface area contributed by atoms with Crippen LogP contribution in [0.1, 0.15) is 56.4 Å². The normalized spacial score (nSPS) is 30.2. The molecule has 0 saturated heterocycles. The third-order valence-corrected chi connectivity index (χ3v) is 8.36. The summed E-state index contributed by atoms with van der Waals surface area (Å²) in [5, 5.41) is -0.600. The van der Waals surface area contributed by atoms with Crippen LogP contribution in [0.15, 0.2) is 18.3 Å². The Morgan fingerprint density at radius 1 is 1.31 bits per heavy atom. The number of nitrogens with zero attached hydrogens (tertiary/aromatic N) is 1. The van der Waals surface area contributed by atoms with Gasteiger partial charge in [-0.05, 0) is 64.0 Å². The maximum Gasteiger partial charge on any atom is 0.226 e. The van der Waals surface area contributed by atoms with Gasteiger partial charge in [0.15, 0.2) is 0 Å². The number of methoxy groups -OCH3 is 1. The number of ether oxygens (including phenoxy) is 2. The molecule has 2 fully saturated rings. The Balaban J connectivity index is 1.57. The van der Waals surface area contributed by atoms with Crippen LogP contribution in [0.5, 0.6) is 5.88 Å². The van der Waals surface area contributed by atoms with Gasteiger partial charge < -0.3 is 15.2 Å². The third kappa shape index (κ3) is 4.73. The van der Waals surface area contributed by atoms with Gasteiger partial charge in [0.05, 0.1) is 30.5 Å². The highest BCUT2D eigenvalue weighted by Gasteiger charge is 2.48. The van der Waals surface area contributed by atoms with Crippen molar-refractivity contribution in [3.8, 4) is 5.88 Å². The highest BCUT2D eigenvalue weighted by Crippen LogP contribution is 2.43. The SMILES string of the molecule is CNS(=O)(=O)[C@H]1CC[C@](COC2CCC(c3cccnc3OC)CC2)(C(N)=O)C1. The van der Waals surface area contributed by atoms with Gasteiger partial charge in [-0.15, -0.1) is 0 Å². The number of carbonyl (C=O) groups excluding carboxylic acids is 1. The summed E-state index contributed by atoms with van der Waals surface area (Å²) in [4.78, 5) is 16.5.